The first-order valence-electron chi connectivity index (χ1n) is 8.97. The number of hydrogen-bond acceptors (Lipinski definition) is 3. The van der Waals surface area contributed by atoms with Gasteiger partial charge in [0.1, 0.15) is 5.82 Å². The number of likely N-dealkylation sites (tertiary alicyclic amines) is 1. The van der Waals surface area contributed by atoms with Crippen LogP contribution in [0.15, 0.2) is 24.4 Å². The summed E-state index contributed by atoms with van der Waals surface area (Å²) in [5.74, 6) is 1.89. The van der Waals surface area contributed by atoms with E-state index in [-0.39, 0.29) is 11.9 Å². The van der Waals surface area contributed by atoms with Gasteiger partial charge in [0.25, 0.3) is 0 Å². The minimum Gasteiger partial charge on any atom is -0.338 e. The predicted molar refractivity (Wildman–Crippen MR) is 94.0 cm³/mol. The fourth-order valence-electron chi connectivity index (χ4n) is 3.33. The van der Waals surface area contributed by atoms with E-state index in [0.717, 1.165) is 50.2 Å². The van der Waals surface area contributed by atoms with E-state index in [9.17, 15) is 4.79 Å². The molecule has 1 aliphatic rings. The molecule has 0 unspecified atom stereocenters. The zero-order valence-corrected chi connectivity index (χ0v) is 14.6. The Labute approximate surface area is 143 Å². The van der Waals surface area contributed by atoms with Crippen LogP contribution in [0.5, 0.6) is 0 Å². The van der Waals surface area contributed by atoms with Gasteiger partial charge < -0.3 is 10.2 Å². The smallest absolute Gasteiger partial charge is 0.317 e. The van der Waals surface area contributed by atoms with Crippen LogP contribution in [0.3, 0.4) is 0 Å². The topological polar surface area (TPSA) is 62.5 Å². The van der Waals surface area contributed by atoms with Crippen molar-refractivity contribution in [2.45, 2.75) is 45.4 Å². The number of piperidine rings is 1. The number of fused-ring (bicyclic) bond motifs is 1. The van der Waals surface area contributed by atoms with Gasteiger partial charge in [0, 0.05) is 31.7 Å². The minimum atomic E-state index is 0.0530. The van der Waals surface area contributed by atoms with Crippen molar-refractivity contribution < 1.29 is 4.79 Å². The van der Waals surface area contributed by atoms with Crippen molar-refractivity contribution in [3.8, 4) is 0 Å². The third kappa shape index (κ3) is 3.86. The van der Waals surface area contributed by atoms with Gasteiger partial charge in [-0.1, -0.05) is 19.9 Å². The van der Waals surface area contributed by atoms with Crippen LogP contribution in [0.4, 0.5) is 4.79 Å². The summed E-state index contributed by atoms with van der Waals surface area (Å²) in [6, 6.07) is 5.96. The quantitative estimate of drug-likeness (QED) is 0.858. The molecule has 24 heavy (non-hydrogen) atoms. The Hall–Kier alpha value is -2.11. The van der Waals surface area contributed by atoms with Crippen molar-refractivity contribution in [1.82, 2.24) is 24.8 Å². The molecule has 2 aromatic rings. The Kier molecular flexibility index (Phi) is 5.33. The van der Waals surface area contributed by atoms with Gasteiger partial charge in [0.2, 0.25) is 0 Å². The molecule has 3 rings (SSSR count). The second-order valence-corrected chi connectivity index (χ2v) is 7.04. The number of amides is 2. The molecule has 0 aromatic carbocycles. The molecule has 130 valence electrons. The molecule has 0 spiro atoms. The lowest BCUT2D eigenvalue weighted by Crippen LogP contribution is -2.45. The Morgan fingerprint density at radius 3 is 3.08 bits per heavy atom. The van der Waals surface area contributed by atoms with E-state index in [2.05, 4.69) is 29.4 Å². The summed E-state index contributed by atoms with van der Waals surface area (Å²) in [5, 5.41) is 11.7. The molecule has 6 heteroatoms. The lowest BCUT2D eigenvalue weighted by Gasteiger charge is -2.32. The van der Waals surface area contributed by atoms with Gasteiger partial charge in [0.15, 0.2) is 5.65 Å². The van der Waals surface area contributed by atoms with Crippen LogP contribution in [-0.4, -0.2) is 45.2 Å². The van der Waals surface area contributed by atoms with Crippen LogP contribution in [-0.2, 0) is 0 Å². The molecule has 2 aromatic heterocycles. The average molecular weight is 329 g/mol. The van der Waals surface area contributed by atoms with Crippen LogP contribution in [0, 0.1) is 5.92 Å². The van der Waals surface area contributed by atoms with Gasteiger partial charge in [-0.3, -0.25) is 4.40 Å². The van der Waals surface area contributed by atoms with Crippen molar-refractivity contribution in [3.05, 3.63) is 30.2 Å². The molecule has 1 fully saturated rings. The number of hydrogen-bond donors (Lipinski definition) is 1. The van der Waals surface area contributed by atoms with Gasteiger partial charge in [0.05, 0.1) is 0 Å². The van der Waals surface area contributed by atoms with Crippen LogP contribution >= 0.6 is 0 Å². The maximum Gasteiger partial charge on any atom is 0.317 e. The van der Waals surface area contributed by atoms with Crippen molar-refractivity contribution in [1.29, 1.82) is 0 Å². The summed E-state index contributed by atoms with van der Waals surface area (Å²) in [5.41, 5.74) is 0.864. The lowest BCUT2D eigenvalue weighted by atomic mass is 9.97. The predicted octanol–water partition coefficient (Wildman–Crippen LogP) is 3.05. The molecule has 0 radical (unpaired) electrons. The zero-order valence-electron chi connectivity index (χ0n) is 14.6. The maximum absolute atomic E-state index is 12.4. The number of aromatic nitrogens is 3. The van der Waals surface area contributed by atoms with E-state index in [1.165, 1.54) is 0 Å². The molecule has 1 aliphatic heterocycles. The SMILES string of the molecule is CC(C)CCCNC(=O)N1CCC[C@H](c2nnc3ccccn23)C1. The summed E-state index contributed by atoms with van der Waals surface area (Å²) in [6.45, 7) is 6.71. The number of carbonyl (C=O) groups is 1. The van der Waals surface area contributed by atoms with E-state index in [1.54, 1.807) is 0 Å². The zero-order chi connectivity index (χ0) is 16.9. The number of urea groups is 1. The second-order valence-electron chi connectivity index (χ2n) is 7.04. The van der Waals surface area contributed by atoms with E-state index in [0.29, 0.717) is 12.5 Å². The molecule has 1 atom stereocenters. The molecule has 1 N–H and O–H groups in total. The Bertz CT molecular complexity index is 681. The first-order valence-corrected chi connectivity index (χ1v) is 8.97. The van der Waals surface area contributed by atoms with Gasteiger partial charge >= 0.3 is 6.03 Å². The van der Waals surface area contributed by atoms with Crippen molar-refractivity contribution in [2.24, 2.45) is 5.92 Å². The van der Waals surface area contributed by atoms with Crippen LogP contribution in [0.2, 0.25) is 0 Å². The first-order chi connectivity index (χ1) is 11.6. The highest BCUT2D eigenvalue weighted by Gasteiger charge is 2.27. The average Bonchev–Trinajstić information content (AvgIpc) is 3.02. The highest BCUT2D eigenvalue weighted by molar-refractivity contribution is 5.74. The fourth-order valence-corrected chi connectivity index (χ4v) is 3.33. The molecule has 0 aliphatic carbocycles. The number of rotatable bonds is 5. The van der Waals surface area contributed by atoms with Gasteiger partial charge in [-0.2, -0.15) is 0 Å². The van der Waals surface area contributed by atoms with E-state index in [4.69, 9.17) is 0 Å². The molecular weight excluding hydrogens is 302 g/mol. The van der Waals surface area contributed by atoms with Crippen molar-refractivity contribution >= 4 is 11.7 Å². The number of nitrogens with one attached hydrogen (secondary N) is 1. The molecule has 0 bridgehead atoms. The summed E-state index contributed by atoms with van der Waals surface area (Å²) < 4.78 is 2.04. The Morgan fingerprint density at radius 2 is 2.25 bits per heavy atom. The third-order valence-electron chi connectivity index (χ3n) is 4.65. The van der Waals surface area contributed by atoms with Gasteiger partial charge in [-0.05, 0) is 43.7 Å². The summed E-state index contributed by atoms with van der Waals surface area (Å²) in [6.07, 6.45) is 6.23. The van der Waals surface area contributed by atoms with E-state index in [1.807, 2.05) is 33.7 Å². The summed E-state index contributed by atoms with van der Waals surface area (Å²) in [4.78, 5) is 14.3. The fraction of sp³-hybridized carbons (Fsp3) is 0.611. The minimum absolute atomic E-state index is 0.0530. The lowest BCUT2D eigenvalue weighted by molar-refractivity contribution is 0.178. The van der Waals surface area contributed by atoms with Crippen LogP contribution < -0.4 is 5.32 Å². The van der Waals surface area contributed by atoms with E-state index < -0.39 is 0 Å². The summed E-state index contributed by atoms with van der Waals surface area (Å²) in [7, 11) is 0. The number of pyridine rings is 1. The van der Waals surface area contributed by atoms with Crippen LogP contribution in [0.1, 0.15) is 51.3 Å². The van der Waals surface area contributed by atoms with Gasteiger partial charge in [-0.25, -0.2) is 4.79 Å². The molecule has 1 saturated heterocycles. The summed E-state index contributed by atoms with van der Waals surface area (Å²) >= 11 is 0. The highest BCUT2D eigenvalue weighted by Crippen LogP contribution is 2.26. The normalized spacial score (nSPS) is 18.3. The molecular formula is C18H27N5O. The third-order valence-corrected chi connectivity index (χ3v) is 4.65. The maximum atomic E-state index is 12.4. The largest absolute Gasteiger partial charge is 0.338 e. The molecule has 3 heterocycles. The standard InChI is InChI=1S/C18H27N5O/c1-14(2)7-5-10-19-18(24)22-11-6-8-15(13-22)17-21-20-16-9-3-4-12-23(16)17/h3-4,9,12,14-15H,5-8,10-11,13H2,1-2H3,(H,19,24)/t15-/m0/s1. The molecule has 0 saturated carbocycles. The monoisotopic (exact) mass is 329 g/mol. The number of carbonyl (C=O) groups excluding carboxylic acids is 1. The van der Waals surface area contributed by atoms with Crippen molar-refractivity contribution in [2.75, 3.05) is 19.6 Å². The number of nitrogens with zero attached hydrogens (tertiary/aromatic N) is 4. The molecule has 6 nitrogen and oxygen atoms in total. The highest BCUT2D eigenvalue weighted by atomic mass is 16.2. The van der Waals surface area contributed by atoms with Crippen LogP contribution in [0.25, 0.3) is 5.65 Å². The second kappa shape index (κ2) is 7.64. The van der Waals surface area contributed by atoms with Gasteiger partial charge in [-0.15, -0.1) is 10.2 Å². The Morgan fingerprint density at radius 1 is 1.38 bits per heavy atom. The molecule has 2 amide bonds. The first kappa shape index (κ1) is 16.7. The Balaban J connectivity index is 1.59. The van der Waals surface area contributed by atoms with Crippen molar-refractivity contribution in [3.63, 3.8) is 0 Å². The van der Waals surface area contributed by atoms with E-state index >= 15 is 0 Å².